The summed E-state index contributed by atoms with van der Waals surface area (Å²) in [5.41, 5.74) is -0.0585. The van der Waals surface area contributed by atoms with Gasteiger partial charge in [0.1, 0.15) is 5.58 Å². The van der Waals surface area contributed by atoms with Gasteiger partial charge in [0.05, 0.1) is 0 Å². The standard InChI is InChI=1S/C22H24O5/c1-13-18(14-8-4-3-5-9-14)22(2,20(23)24)21(25)27-19(13)17-12-15-10-6-7-11-16(15)26-17/h6-7,10-12,14,18H,3-5,8-9H2,1-2H3,(H,23,24). The van der Waals surface area contributed by atoms with E-state index in [1.54, 1.807) is 0 Å². The Labute approximate surface area is 158 Å². The van der Waals surface area contributed by atoms with Crippen LogP contribution in [0.4, 0.5) is 0 Å². The number of rotatable bonds is 3. The summed E-state index contributed by atoms with van der Waals surface area (Å²) in [5.74, 6) is -1.19. The van der Waals surface area contributed by atoms with Crippen molar-refractivity contribution >= 4 is 28.7 Å². The molecule has 5 heteroatoms. The number of benzene rings is 1. The molecule has 0 saturated heterocycles. The minimum Gasteiger partial charge on any atom is -0.480 e. The Bertz CT molecular complexity index is 898. The average Bonchev–Trinajstić information content (AvgIpc) is 3.09. The van der Waals surface area contributed by atoms with Crippen LogP contribution in [0, 0.1) is 17.3 Å². The molecule has 142 valence electrons. The number of aliphatic carboxylic acids is 1. The molecule has 2 heterocycles. The molecule has 1 fully saturated rings. The van der Waals surface area contributed by atoms with Crippen molar-refractivity contribution in [3.05, 3.63) is 41.7 Å². The Morgan fingerprint density at radius 1 is 1.19 bits per heavy atom. The van der Waals surface area contributed by atoms with Crippen molar-refractivity contribution in [2.75, 3.05) is 0 Å². The number of ether oxygens (including phenoxy) is 1. The van der Waals surface area contributed by atoms with Gasteiger partial charge in [0.15, 0.2) is 16.9 Å². The van der Waals surface area contributed by atoms with Gasteiger partial charge in [-0.1, -0.05) is 37.5 Å². The topological polar surface area (TPSA) is 76.7 Å². The van der Waals surface area contributed by atoms with Gasteiger partial charge < -0.3 is 14.3 Å². The summed E-state index contributed by atoms with van der Waals surface area (Å²) in [6.45, 7) is 3.39. The number of furan rings is 1. The molecule has 1 aliphatic carbocycles. The van der Waals surface area contributed by atoms with Gasteiger partial charge >= 0.3 is 11.9 Å². The number of allylic oxidation sites excluding steroid dienone is 1. The van der Waals surface area contributed by atoms with Crippen LogP contribution in [0.3, 0.4) is 0 Å². The van der Waals surface area contributed by atoms with Crippen molar-refractivity contribution in [1.82, 2.24) is 0 Å². The van der Waals surface area contributed by atoms with E-state index in [1.165, 1.54) is 6.92 Å². The van der Waals surface area contributed by atoms with Crippen molar-refractivity contribution in [2.24, 2.45) is 17.3 Å². The number of carbonyl (C=O) groups is 2. The maximum Gasteiger partial charge on any atom is 0.329 e. The molecule has 27 heavy (non-hydrogen) atoms. The molecule has 0 radical (unpaired) electrons. The number of esters is 1. The van der Waals surface area contributed by atoms with E-state index in [1.807, 2.05) is 37.3 Å². The lowest BCUT2D eigenvalue weighted by atomic mass is 9.62. The highest BCUT2D eigenvalue weighted by Gasteiger charge is 2.57. The van der Waals surface area contributed by atoms with Gasteiger partial charge in [-0.3, -0.25) is 9.59 Å². The molecule has 1 N–H and O–H groups in total. The van der Waals surface area contributed by atoms with Gasteiger partial charge in [0, 0.05) is 11.3 Å². The zero-order chi connectivity index (χ0) is 19.2. The van der Waals surface area contributed by atoms with E-state index in [-0.39, 0.29) is 11.8 Å². The van der Waals surface area contributed by atoms with Gasteiger partial charge in [0.25, 0.3) is 0 Å². The van der Waals surface area contributed by atoms with E-state index in [0.717, 1.165) is 43.1 Å². The molecule has 2 aromatic rings. The Morgan fingerprint density at radius 2 is 1.89 bits per heavy atom. The zero-order valence-corrected chi connectivity index (χ0v) is 15.7. The molecule has 5 nitrogen and oxygen atoms in total. The number of fused-ring (bicyclic) bond motifs is 1. The normalized spacial score (nSPS) is 27.0. The third-order valence-corrected chi connectivity index (χ3v) is 6.28. The lowest BCUT2D eigenvalue weighted by Crippen LogP contribution is -2.50. The zero-order valence-electron chi connectivity index (χ0n) is 15.7. The molecule has 0 amide bonds. The van der Waals surface area contributed by atoms with Crippen LogP contribution < -0.4 is 0 Å². The van der Waals surface area contributed by atoms with Gasteiger partial charge in [-0.15, -0.1) is 0 Å². The first-order chi connectivity index (χ1) is 12.9. The minimum atomic E-state index is -1.57. The summed E-state index contributed by atoms with van der Waals surface area (Å²) in [4.78, 5) is 25.0. The van der Waals surface area contributed by atoms with Crippen molar-refractivity contribution in [3.8, 4) is 0 Å². The first-order valence-corrected chi connectivity index (χ1v) is 9.58. The number of hydrogen-bond donors (Lipinski definition) is 1. The fourth-order valence-corrected chi connectivity index (χ4v) is 4.83. The van der Waals surface area contributed by atoms with E-state index in [2.05, 4.69) is 0 Å². The summed E-state index contributed by atoms with van der Waals surface area (Å²) in [5, 5.41) is 10.8. The fourth-order valence-electron chi connectivity index (χ4n) is 4.83. The van der Waals surface area contributed by atoms with Gasteiger partial charge in [0.2, 0.25) is 0 Å². The van der Waals surface area contributed by atoms with Gasteiger partial charge in [-0.25, -0.2) is 0 Å². The molecule has 1 saturated carbocycles. The van der Waals surface area contributed by atoms with E-state index < -0.39 is 17.4 Å². The maximum atomic E-state index is 12.9. The Hall–Kier alpha value is -2.56. The summed E-state index contributed by atoms with van der Waals surface area (Å²) < 4.78 is 11.5. The molecular weight excluding hydrogens is 344 g/mol. The molecule has 4 rings (SSSR count). The third-order valence-electron chi connectivity index (χ3n) is 6.28. The highest BCUT2D eigenvalue weighted by Crippen LogP contribution is 2.50. The predicted octanol–water partition coefficient (Wildman–Crippen LogP) is 5.01. The van der Waals surface area contributed by atoms with E-state index >= 15 is 0 Å². The van der Waals surface area contributed by atoms with Crippen LogP contribution in [0.15, 0.2) is 40.3 Å². The molecule has 0 spiro atoms. The molecule has 2 atom stereocenters. The minimum absolute atomic E-state index is 0.159. The van der Waals surface area contributed by atoms with Crippen molar-refractivity contribution in [2.45, 2.75) is 46.0 Å². The Morgan fingerprint density at radius 3 is 2.56 bits per heavy atom. The SMILES string of the molecule is CC1=C(c2cc3ccccc3o2)OC(=O)C(C)(C(=O)O)C1C1CCCCC1. The second-order valence-corrected chi connectivity index (χ2v) is 7.93. The van der Waals surface area contributed by atoms with Crippen LogP contribution in [0.1, 0.15) is 51.7 Å². The largest absolute Gasteiger partial charge is 0.480 e. The van der Waals surface area contributed by atoms with Crippen molar-refractivity contribution < 1.29 is 23.8 Å². The number of carboxylic acid groups (broad SMARTS) is 1. The fraction of sp³-hybridized carbons (Fsp3) is 0.455. The monoisotopic (exact) mass is 368 g/mol. The molecular formula is C22H24O5. The number of hydrogen-bond acceptors (Lipinski definition) is 4. The Balaban J connectivity index is 1.85. The summed E-state index contributed by atoms with van der Waals surface area (Å²) in [6.07, 6.45) is 5.17. The lowest BCUT2D eigenvalue weighted by molar-refractivity contribution is -0.170. The highest BCUT2D eigenvalue weighted by molar-refractivity contribution is 6.03. The molecule has 0 bridgehead atoms. The molecule has 2 aliphatic rings. The van der Waals surface area contributed by atoms with E-state index in [0.29, 0.717) is 17.1 Å². The molecule has 2 unspecified atom stereocenters. The molecule has 1 aliphatic heterocycles. The molecule has 1 aromatic carbocycles. The first kappa shape index (κ1) is 17.8. The summed E-state index contributed by atoms with van der Waals surface area (Å²) >= 11 is 0. The second kappa shape index (κ2) is 6.55. The van der Waals surface area contributed by atoms with Crippen LogP contribution in [-0.4, -0.2) is 17.0 Å². The second-order valence-electron chi connectivity index (χ2n) is 7.93. The lowest BCUT2D eigenvalue weighted by Gasteiger charge is -2.42. The van der Waals surface area contributed by atoms with E-state index in [9.17, 15) is 14.7 Å². The smallest absolute Gasteiger partial charge is 0.329 e. The van der Waals surface area contributed by atoms with Crippen LogP contribution >= 0.6 is 0 Å². The van der Waals surface area contributed by atoms with Crippen LogP contribution in [-0.2, 0) is 14.3 Å². The number of para-hydroxylation sites is 1. The number of carboxylic acids is 1. The maximum absolute atomic E-state index is 12.9. The van der Waals surface area contributed by atoms with Crippen LogP contribution in [0.5, 0.6) is 0 Å². The quantitative estimate of drug-likeness (QED) is 0.609. The van der Waals surface area contributed by atoms with Crippen molar-refractivity contribution in [1.29, 1.82) is 0 Å². The first-order valence-electron chi connectivity index (χ1n) is 9.58. The summed E-state index contributed by atoms with van der Waals surface area (Å²) in [7, 11) is 0. The van der Waals surface area contributed by atoms with Crippen LogP contribution in [0.25, 0.3) is 16.7 Å². The summed E-state index contributed by atoms with van der Waals surface area (Å²) in [6, 6.07) is 9.45. The van der Waals surface area contributed by atoms with Gasteiger partial charge in [-0.05, 0) is 50.3 Å². The Kier molecular flexibility index (Phi) is 4.33. The predicted molar refractivity (Wildman–Crippen MR) is 101 cm³/mol. The van der Waals surface area contributed by atoms with Crippen LogP contribution in [0.2, 0.25) is 0 Å². The highest BCUT2D eigenvalue weighted by atomic mass is 16.6. The third kappa shape index (κ3) is 2.76. The van der Waals surface area contributed by atoms with Crippen molar-refractivity contribution in [3.63, 3.8) is 0 Å². The number of carbonyl (C=O) groups excluding carboxylic acids is 1. The number of cyclic esters (lactones) is 1. The molecule has 1 aromatic heterocycles. The average molecular weight is 368 g/mol. The van der Waals surface area contributed by atoms with E-state index in [4.69, 9.17) is 9.15 Å². The van der Waals surface area contributed by atoms with Gasteiger partial charge in [-0.2, -0.15) is 0 Å².